The molecule has 24 heavy (non-hydrogen) atoms. The lowest BCUT2D eigenvalue weighted by molar-refractivity contribution is -0.341. The molecule has 0 saturated carbocycles. The van der Waals surface area contributed by atoms with E-state index in [9.17, 15) is 25.2 Å². The Bertz CT molecular complexity index is 375. The van der Waals surface area contributed by atoms with E-state index >= 15 is 0 Å². The third kappa shape index (κ3) is 6.41. The second-order valence-electron chi connectivity index (χ2n) is 7.03. The Labute approximate surface area is 144 Å². The first-order valence-electron chi connectivity index (χ1n) is 9.28. The summed E-state index contributed by atoms with van der Waals surface area (Å²) in [7, 11) is 0. The van der Waals surface area contributed by atoms with E-state index in [0.29, 0.717) is 6.42 Å². The molecule has 0 aromatic rings. The highest BCUT2D eigenvalue weighted by molar-refractivity contribution is 5.79. The zero-order valence-electron chi connectivity index (χ0n) is 15.0. The van der Waals surface area contributed by atoms with E-state index in [1.165, 1.54) is 39.0 Å². The number of carbonyl (C=O) groups is 1. The van der Waals surface area contributed by atoms with Gasteiger partial charge in [0.1, 0.15) is 24.1 Å². The van der Waals surface area contributed by atoms with E-state index < -0.39 is 30.2 Å². The van der Waals surface area contributed by atoms with Crippen LogP contribution in [0.5, 0.6) is 0 Å². The molecule has 4 N–H and O–H groups in total. The number of Topliss-reactive ketones (excluding diaryl/α,β-unsaturated/α-hetero) is 1. The lowest BCUT2D eigenvalue weighted by Gasteiger charge is -2.44. The quantitative estimate of drug-likeness (QED) is 0.424. The van der Waals surface area contributed by atoms with Gasteiger partial charge in [0.2, 0.25) is 5.79 Å². The van der Waals surface area contributed by atoms with Gasteiger partial charge in [0.25, 0.3) is 0 Å². The Kier molecular flexibility index (Phi) is 9.37. The molecule has 0 bridgehead atoms. The molecule has 1 heterocycles. The van der Waals surface area contributed by atoms with Crippen molar-refractivity contribution in [3.05, 3.63) is 0 Å². The van der Waals surface area contributed by atoms with Crippen LogP contribution in [-0.2, 0) is 9.53 Å². The van der Waals surface area contributed by atoms with Crippen molar-refractivity contribution >= 4 is 5.78 Å². The van der Waals surface area contributed by atoms with Crippen LogP contribution in [0.4, 0.5) is 0 Å². The molecule has 0 amide bonds. The van der Waals surface area contributed by atoms with Crippen molar-refractivity contribution in [3.63, 3.8) is 0 Å². The average Bonchev–Trinajstić information content (AvgIpc) is 2.53. The maximum absolute atomic E-state index is 12.0. The molecule has 0 aliphatic carbocycles. The van der Waals surface area contributed by atoms with Gasteiger partial charge >= 0.3 is 0 Å². The van der Waals surface area contributed by atoms with Gasteiger partial charge in [0, 0.05) is 6.42 Å². The monoisotopic (exact) mass is 346 g/mol. The van der Waals surface area contributed by atoms with E-state index in [1.54, 1.807) is 0 Å². The summed E-state index contributed by atoms with van der Waals surface area (Å²) < 4.78 is 5.20. The van der Waals surface area contributed by atoms with Crippen LogP contribution in [0.2, 0.25) is 0 Å². The molecule has 6 nitrogen and oxygen atoms in total. The summed E-state index contributed by atoms with van der Waals surface area (Å²) in [6, 6.07) is 0. The predicted molar refractivity (Wildman–Crippen MR) is 90.4 cm³/mol. The molecule has 0 unspecified atom stereocenters. The highest BCUT2D eigenvalue weighted by Crippen LogP contribution is 2.31. The molecule has 1 aliphatic heterocycles. The fourth-order valence-electron chi connectivity index (χ4n) is 3.17. The maximum Gasteiger partial charge on any atom is 0.202 e. The molecule has 0 radical (unpaired) electrons. The van der Waals surface area contributed by atoms with E-state index in [2.05, 4.69) is 6.92 Å². The molecule has 142 valence electrons. The standard InChI is InChI=1S/C18H34O6/c1-3-4-5-6-7-8-9-10-11-14(19)12-18(23)17(22)16(21)15(20)13(2)24-18/h13,15-17,20-23H,3-12H2,1-2H3/t13-,15+,16+,17-,18+/m0/s1. The van der Waals surface area contributed by atoms with Gasteiger partial charge < -0.3 is 25.2 Å². The number of rotatable bonds is 11. The minimum atomic E-state index is -2.13. The number of hydrogen-bond donors (Lipinski definition) is 4. The Balaban J connectivity index is 2.26. The highest BCUT2D eigenvalue weighted by Gasteiger charge is 2.52. The summed E-state index contributed by atoms with van der Waals surface area (Å²) in [6.07, 6.45) is 3.57. The van der Waals surface area contributed by atoms with E-state index in [4.69, 9.17) is 4.74 Å². The van der Waals surface area contributed by atoms with Crippen molar-refractivity contribution in [2.24, 2.45) is 0 Å². The summed E-state index contributed by atoms with van der Waals surface area (Å²) in [5, 5.41) is 39.6. The van der Waals surface area contributed by atoms with Crippen LogP contribution in [0.3, 0.4) is 0 Å². The summed E-state index contributed by atoms with van der Waals surface area (Å²) in [6.45, 7) is 3.67. The number of carbonyl (C=O) groups excluding carboxylic acids is 1. The molecule has 0 aromatic heterocycles. The molecular weight excluding hydrogens is 312 g/mol. The molecule has 1 aliphatic rings. The number of aliphatic hydroxyl groups is 4. The van der Waals surface area contributed by atoms with Crippen LogP contribution in [0, 0.1) is 0 Å². The highest BCUT2D eigenvalue weighted by atomic mass is 16.7. The first-order valence-corrected chi connectivity index (χ1v) is 9.28. The molecule has 5 atom stereocenters. The topological polar surface area (TPSA) is 107 Å². The number of ether oxygens (including phenoxy) is 1. The molecule has 1 fully saturated rings. The SMILES string of the molecule is CCCCCCCCCCC(=O)C[C@@]1(O)O[C@@H](C)[C@@H](O)[C@@H](O)[C@@H]1O. The van der Waals surface area contributed by atoms with Crippen molar-refractivity contribution in [1.82, 2.24) is 0 Å². The van der Waals surface area contributed by atoms with Crippen molar-refractivity contribution < 1.29 is 30.0 Å². The largest absolute Gasteiger partial charge is 0.388 e. The van der Waals surface area contributed by atoms with Crippen LogP contribution in [0.25, 0.3) is 0 Å². The average molecular weight is 346 g/mol. The van der Waals surface area contributed by atoms with Crippen molar-refractivity contribution in [1.29, 1.82) is 0 Å². The van der Waals surface area contributed by atoms with Crippen LogP contribution < -0.4 is 0 Å². The summed E-state index contributed by atoms with van der Waals surface area (Å²) in [5.41, 5.74) is 0. The maximum atomic E-state index is 12.0. The predicted octanol–water partition coefficient (Wildman–Crippen LogP) is 1.67. The first kappa shape index (κ1) is 21.5. The number of aliphatic hydroxyl groups excluding tert-OH is 3. The first-order chi connectivity index (χ1) is 11.3. The lowest BCUT2D eigenvalue weighted by Crippen LogP contribution is -2.64. The number of ketones is 1. The number of unbranched alkanes of at least 4 members (excludes halogenated alkanes) is 7. The van der Waals surface area contributed by atoms with Gasteiger partial charge in [-0.25, -0.2) is 0 Å². The Morgan fingerprint density at radius 1 is 0.958 bits per heavy atom. The number of hydrogen-bond acceptors (Lipinski definition) is 6. The Morgan fingerprint density at radius 3 is 2.08 bits per heavy atom. The Morgan fingerprint density at radius 2 is 1.50 bits per heavy atom. The van der Waals surface area contributed by atoms with E-state index in [0.717, 1.165) is 19.3 Å². The third-order valence-corrected chi connectivity index (χ3v) is 4.77. The van der Waals surface area contributed by atoms with Crippen molar-refractivity contribution in [2.75, 3.05) is 0 Å². The van der Waals surface area contributed by atoms with Gasteiger partial charge in [-0.1, -0.05) is 51.9 Å². The summed E-state index contributed by atoms with van der Waals surface area (Å²) in [4.78, 5) is 12.0. The van der Waals surface area contributed by atoms with Gasteiger partial charge in [-0.15, -0.1) is 0 Å². The van der Waals surface area contributed by atoms with Gasteiger partial charge in [-0.3, -0.25) is 4.79 Å². The molecule has 0 spiro atoms. The van der Waals surface area contributed by atoms with Crippen molar-refractivity contribution in [3.8, 4) is 0 Å². The fourth-order valence-corrected chi connectivity index (χ4v) is 3.17. The minimum absolute atomic E-state index is 0.210. The smallest absolute Gasteiger partial charge is 0.202 e. The molecular formula is C18H34O6. The molecule has 1 rings (SSSR count). The minimum Gasteiger partial charge on any atom is -0.388 e. The fraction of sp³-hybridized carbons (Fsp3) is 0.944. The van der Waals surface area contributed by atoms with Crippen LogP contribution in [0.1, 0.15) is 78.1 Å². The van der Waals surface area contributed by atoms with E-state index in [-0.39, 0.29) is 12.2 Å². The van der Waals surface area contributed by atoms with Crippen LogP contribution in [-0.4, -0.2) is 56.4 Å². The van der Waals surface area contributed by atoms with Crippen molar-refractivity contribution in [2.45, 2.75) is 108 Å². The van der Waals surface area contributed by atoms with Gasteiger partial charge in [0.15, 0.2) is 0 Å². The van der Waals surface area contributed by atoms with Gasteiger partial charge in [0.05, 0.1) is 12.5 Å². The third-order valence-electron chi connectivity index (χ3n) is 4.77. The lowest BCUT2D eigenvalue weighted by atomic mass is 9.89. The Hall–Kier alpha value is -0.530. The molecule has 1 saturated heterocycles. The molecule has 0 aromatic carbocycles. The second kappa shape index (κ2) is 10.5. The van der Waals surface area contributed by atoms with Gasteiger partial charge in [-0.05, 0) is 13.3 Å². The zero-order valence-corrected chi connectivity index (χ0v) is 15.0. The van der Waals surface area contributed by atoms with Crippen LogP contribution >= 0.6 is 0 Å². The summed E-state index contributed by atoms with van der Waals surface area (Å²) in [5.74, 6) is -2.34. The van der Waals surface area contributed by atoms with Gasteiger partial charge in [-0.2, -0.15) is 0 Å². The van der Waals surface area contributed by atoms with E-state index in [1.807, 2.05) is 0 Å². The van der Waals surface area contributed by atoms with Crippen LogP contribution in [0.15, 0.2) is 0 Å². The second-order valence-corrected chi connectivity index (χ2v) is 7.03. The normalized spacial score (nSPS) is 33.6. The summed E-state index contributed by atoms with van der Waals surface area (Å²) >= 11 is 0. The zero-order chi connectivity index (χ0) is 18.2. The molecule has 6 heteroatoms.